The Morgan fingerprint density at radius 3 is 2.40 bits per heavy atom. The number of carbonyl (C=O) groups excluding carboxylic acids is 2. The summed E-state index contributed by atoms with van der Waals surface area (Å²) in [6.45, 7) is 13.6. The van der Waals surface area contributed by atoms with Crippen LogP contribution in [-0.2, 0) is 14.4 Å². The Kier molecular flexibility index (Phi) is 6.50. The van der Waals surface area contributed by atoms with Crippen molar-refractivity contribution >= 4 is 17.5 Å². The molecule has 4 aliphatic rings. The Bertz CT molecular complexity index is 991. The van der Waals surface area contributed by atoms with Crippen molar-refractivity contribution in [3.63, 3.8) is 0 Å². The highest BCUT2D eigenvalue weighted by Crippen LogP contribution is 2.65. The maximum Gasteiger partial charge on any atom is 0.310 e. The van der Waals surface area contributed by atoms with E-state index in [1.165, 1.54) is 0 Å². The van der Waals surface area contributed by atoms with Crippen LogP contribution in [0.15, 0.2) is 23.3 Å². The molecule has 0 saturated heterocycles. The molecular weight excluding hydrogens is 444 g/mol. The Balaban J connectivity index is 1.63. The third-order valence-electron chi connectivity index (χ3n) is 10.8. The van der Waals surface area contributed by atoms with E-state index < -0.39 is 34.9 Å². The second-order valence-electron chi connectivity index (χ2n) is 12.7. The summed E-state index contributed by atoms with van der Waals surface area (Å²) in [6.07, 6.45) is 3.97. The highest BCUT2D eigenvalue weighted by Gasteiger charge is 2.64. The highest BCUT2D eigenvalue weighted by molar-refractivity contribution is 6.11. The lowest BCUT2D eigenvalue weighted by Crippen LogP contribution is -2.61. The lowest BCUT2D eigenvalue weighted by atomic mass is 9.47. The number of carboxylic acid groups (broad SMARTS) is 1. The number of rotatable bonds is 6. The standard InChI is InChI=1S/C29H42O6/c1-15(17(3)26(33)34)7-8-16(2)18-9-10-19-24-20(30)13-22-27(4,12-11-23(32)29(22,6)35)25(24)21(31)14-28(18,19)5/h16-19,22-23,32,35H,1,7-14H2,2-6H3,(H,33,34)/t16-,17?,18-,19+,22-,23-,27+,28-,29-/m1/s1. The Morgan fingerprint density at radius 2 is 1.77 bits per heavy atom. The number of fused-ring (bicyclic) bond motifs is 4. The van der Waals surface area contributed by atoms with Crippen molar-refractivity contribution in [1.82, 2.24) is 0 Å². The number of allylic oxidation sites excluding steroid dienone is 2. The Hall–Kier alpha value is -1.79. The first-order chi connectivity index (χ1) is 16.2. The number of carbonyl (C=O) groups is 3. The molecule has 6 heteroatoms. The fourth-order valence-electron chi connectivity index (χ4n) is 8.46. The summed E-state index contributed by atoms with van der Waals surface area (Å²) in [6, 6.07) is 0. The molecule has 0 amide bonds. The number of aliphatic carboxylic acids is 1. The maximum absolute atomic E-state index is 13.8. The highest BCUT2D eigenvalue weighted by atomic mass is 16.4. The smallest absolute Gasteiger partial charge is 0.310 e. The van der Waals surface area contributed by atoms with E-state index in [1.807, 2.05) is 6.92 Å². The molecular formula is C29H42O6. The van der Waals surface area contributed by atoms with Crippen molar-refractivity contribution in [1.29, 1.82) is 0 Å². The van der Waals surface area contributed by atoms with E-state index in [1.54, 1.807) is 13.8 Å². The minimum Gasteiger partial charge on any atom is -0.481 e. The van der Waals surface area contributed by atoms with E-state index in [9.17, 15) is 29.7 Å². The van der Waals surface area contributed by atoms with Crippen LogP contribution in [0.25, 0.3) is 0 Å². The van der Waals surface area contributed by atoms with E-state index in [4.69, 9.17) is 0 Å². The first-order valence-electron chi connectivity index (χ1n) is 13.3. The van der Waals surface area contributed by atoms with Gasteiger partial charge in [-0.1, -0.05) is 32.9 Å². The van der Waals surface area contributed by atoms with Crippen LogP contribution in [0.3, 0.4) is 0 Å². The second-order valence-corrected chi connectivity index (χ2v) is 12.7. The van der Waals surface area contributed by atoms with Gasteiger partial charge in [0, 0.05) is 35.3 Å². The lowest BCUT2D eigenvalue weighted by molar-refractivity contribution is -0.170. The van der Waals surface area contributed by atoms with Crippen molar-refractivity contribution in [3.05, 3.63) is 23.3 Å². The first-order valence-corrected chi connectivity index (χ1v) is 13.3. The van der Waals surface area contributed by atoms with E-state index >= 15 is 0 Å². The molecule has 35 heavy (non-hydrogen) atoms. The van der Waals surface area contributed by atoms with Crippen LogP contribution >= 0.6 is 0 Å². The molecule has 0 spiro atoms. The zero-order valence-electron chi connectivity index (χ0n) is 21.9. The van der Waals surface area contributed by atoms with Gasteiger partial charge < -0.3 is 15.3 Å². The molecule has 194 valence electrons. The number of aliphatic hydroxyl groups excluding tert-OH is 1. The molecule has 0 aromatic rings. The summed E-state index contributed by atoms with van der Waals surface area (Å²) >= 11 is 0. The van der Waals surface area contributed by atoms with Crippen LogP contribution in [0.1, 0.15) is 86.0 Å². The van der Waals surface area contributed by atoms with E-state index in [-0.39, 0.29) is 41.2 Å². The zero-order chi connectivity index (χ0) is 26.1. The molecule has 4 rings (SSSR count). The molecule has 0 aromatic carbocycles. The van der Waals surface area contributed by atoms with Crippen molar-refractivity contribution in [2.24, 2.45) is 40.4 Å². The van der Waals surface area contributed by atoms with Gasteiger partial charge in [-0.25, -0.2) is 0 Å². The first kappa shape index (κ1) is 26.3. The van der Waals surface area contributed by atoms with Crippen molar-refractivity contribution in [3.8, 4) is 0 Å². The monoisotopic (exact) mass is 486 g/mol. The van der Waals surface area contributed by atoms with Crippen molar-refractivity contribution in [2.45, 2.75) is 97.7 Å². The van der Waals surface area contributed by atoms with Crippen molar-refractivity contribution < 1.29 is 29.7 Å². The van der Waals surface area contributed by atoms with Gasteiger partial charge in [0.15, 0.2) is 11.6 Å². The molecule has 0 heterocycles. The SMILES string of the molecule is C=C(CC[C@@H](C)[C@H]1CC[C@H]2C3=C(C(=O)C[C@]12C)[C@@]1(C)CC[C@@H](O)[C@](C)(O)[C@@H]1CC3=O)C(C)C(=O)O. The van der Waals surface area contributed by atoms with Gasteiger partial charge in [-0.2, -0.15) is 0 Å². The summed E-state index contributed by atoms with van der Waals surface area (Å²) < 4.78 is 0. The topological polar surface area (TPSA) is 112 Å². The van der Waals surface area contributed by atoms with Crippen LogP contribution in [0.2, 0.25) is 0 Å². The largest absolute Gasteiger partial charge is 0.481 e. The zero-order valence-corrected chi connectivity index (χ0v) is 21.9. The predicted octanol–water partition coefficient (Wildman–Crippen LogP) is 4.48. The lowest BCUT2D eigenvalue weighted by Gasteiger charge is -2.57. The summed E-state index contributed by atoms with van der Waals surface area (Å²) in [5.41, 5.74) is -0.214. The van der Waals surface area contributed by atoms with E-state index in [2.05, 4.69) is 20.4 Å². The molecule has 3 N–H and O–H groups in total. The van der Waals surface area contributed by atoms with Gasteiger partial charge in [-0.05, 0) is 75.5 Å². The molecule has 0 aromatic heterocycles. The normalized spacial score (nSPS) is 42.7. The maximum atomic E-state index is 13.8. The minimum atomic E-state index is -1.40. The van der Waals surface area contributed by atoms with Gasteiger partial charge in [0.1, 0.15) is 0 Å². The third-order valence-corrected chi connectivity index (χ3v) is 10.8. The third kappa shape index (κ3) is 3.87. The average molecular weight is 487 g/mol. The molecule has 0 aliphatic heterocycles. The number of hydrogen-bond donors (Lipinski definition) is 3. The van der Waals surface area contributed by atoms with Gasteiger partial charge in [0.05, 0.1) is 17.6 Å². The molecule has 2 saturated carbocycles. The van der Waals surface area contributed by atoms with Crippen LogP contribution in [-0.4, -0.2) is 44.6 Å². The number of Topliss-reactive ketones (excluding diaryl/α,β-unsaturated/α-hetero) is 2. The molecule has 0 radical (unpaired) electrons. The fraction of sp³-hybridized carbons (Fsp3) is 0.759. The number of carboxylic acids is 1. The molecule has 1 unspecified atom stereocenters. The van der Waals surface area contributed by atoms with E-state index in [0.717, 1.165) is 24.8 Å². The van der Waals surface area contributed by atoms with Gasteiger partial charge in [-0.3, -0.25) is 14.4 Å². The number of hydrogen-bond acceptors (Lipinski definition) is 5. The van der Waals surface area contributed by atoms with Gasteiger partial charge in [-0.15, -0.1) is 0 Å². The summed E-state index contributed by atoms with van der Waals surface area (Å²) in [5.74, 6) is -1.30. The van der Waals surface area contributed by atoms with Crippen molar-refractivity contribution in [2.75, 3.05) is 0 Å². The molecule has 6 nitrogen and oxygen atoms in total. The molecule has 0 bridgehead atoms. The average Bonchev–Trinajstić information content (AvgIpc) is 3.12. The predicted molar refractivity (Wildman–Crippen MR) is 132 cm³/mol. The van der Waals surface area contributed by atoms with Gasteiger partial charge in [0.2, 0.25) is 0 Å². The molecule has 9 atom stereocenters. The minimum absolute atomic E-state index is 0.0295. The summed E-state index contributed by atoms with van der Waals surface area (Å²) in [7, 11) is 0. The molecule has 4 aliphatic carbocycles. The van der Waals surface area contributed by atoms with Gasteiger partial charge >= 0.3 is 5.97 Å². The van der Waals surface area contributed by atoms with Crippen LogP contribution in [0.4, 0.5) is 0 Å². The number of aliphatic hydroxyl groups is 2. The van der Waals surface area contributed by atoms with Gasteiger partial charge in [0.25, 0.3) is 0 Å². The number of ketones is 2. The summed E-state index contributed by atoms with van der Waals surface area (Å²) in [5, 5.41) is 30.9. The Labute approximate surface area is 208 Å². The summed E-state index contributed by atoms with van der Waals surface area (Å²) in [4.78, 5) is 38.8. The van der Waals surface area contributed by atoms with Crippen LogP contribution in [0, 0.1) is 40.4 Å². The fourth-order valence-corrected chi connectivity index (χ4v) is 8.46. The second kappa shape index (κ2) is 8.65. The van der Waals surface area contributed by atoms with Crippen LogP contribution < -0.4 is 0 Å². The van der Waals surface area contributed by atoms with Crippen LogP contribution in [0.5, 0.6) is 0 Å². The molecule has 2 fully saturated rings. The Morgan fingerprint density at radius 1 is 1.11 bits per heavy atom. The van der Waals surface area contributed by atoms with E-state index in [0.29, 0.717) is 36.8 Å². The quantitative estimate of drug-likeness (QED) is 0.477.